The molecule has 1 heterocycles. The standard InChI is InChI=1S/C13H14Cl2FN3O2/c1-3-20-13(21-4-2)11-7-19(18-17-11)8-5-9(14)12(16)10(15)6-8/h5-7,13H,3-4H2,1-2H3. The van der Waals surface area contributed by atoms with Gasteiger partial charge in [-0.25, -0.2) is 9.07 Å². The fourth-order valence-electron chi connectivity index (χ4n) is 1.71. The van der Waals surface area contributed by atoms with Crippen molar-refractivity contribution in [2.24, 2.45) is 0 Å². The van der Waals surface area contributed by atoms with E-state index in [2.05, 4.69) is 10.3 Å². The van der Waals surface area contributed by atoms with Crippen LogP contribution in [0.1, 0.15) is 25.8 Å². The van der Waals surface area contributed by atoms with Crippen LogP contribution in [0.3, 0.4) is 0 Å². The maximum Gasteiger partial charge on any atom is 0.204 e. The number of aromatic nitrogens is 3. The van der Waals surface area contributed by atoms with Crippen molar-refractivity contribution in [3.05, 3.63) is 39.9 Å². The van der Waals surface area contributed by atoms with Crippen LogP contribution in [0.5, 0.6) is 0 Å². The Bertz CT molecular complexity index is 592. The Balaban J connectivity index is 2.30. The molecule has 0 atom stereocenters. The molecule has 5 nitrogen and oxygen atoms in total. The van der Waals surface area contributed by atoms with Crippen LogP contribution in [0.25, 0.3) is 5.69 Å². The molecule has 2 rings (SSSR count). The molecule has 0 spiro atoms. The molecule has 8 heteroatoms. The van der Waals surface area contributed by atoms with E-state index in [1.54, 1.807) is 6.20 Å². The highest BCUT2D eigenvalue weighted by atomic mass is 35.5. The molecule has 0 N–H and O–H groups in total. The highest BCUT2D eigenvalue weighted by molar-refractivity contribution is 6.35. The van der Waals surface area contributed by atoms with Crippen molar-refractivity contribution in [3.8, 4) is 5.69 Å². The van der Waals surface area contributed by atoms with Gasteiger partial charge in [-0.2, -0.15) is 0 Å². The smallest absolute Gasteiger partial charge is 0.204 e. The number of nitrogens with zero attached hydrogens (tertiary/aromatic N) is 3. The van der Waals surface area contributed by atoms with E-state index in [-0.39, 0.29) is 10.0 Å². The highest BCUT2D eigenvalue weighted by Crippen LogP contribution is 2.27. The van der Waals surface area contributed by atoms with E-state index < -0.39 is 12.1 Å². The van der Waals surface area contributed by atoms with Gasteiger partial charge in [-0.1, -0.05) is 28.4 Å². The Hall–Kier alpha value is -1.21. The number of hydrogen-bond acceptors (Lipinski definition) is 4. The number of halogens is 3. The number of benzene rings is 1. The summed E-state index contributed by atoms with van der Waals surface area (Å²) in [5, 5.41) is 7.78. The van der Waals surface area contributed by atoms with Gasteiger partial charge in [-0.05, 0) is 26.0 Å². The van der Waals surface area contributed by atoms with Crippen LogP contribution in [0.4, 0.5) is 4.39 Å². The summed E-state index contributed by atoms with van der Waals surface area (Å²) in [4.78, 5) is 0. The first-order valence-electron chi connectivity index (χ1n) is 6.37. The van der Waals surface area contributed by atoms with Crippen molar-refractivity contribution in [3.63, 3.8) is 0 Å². The summed E-state index contributed by atoms with van der Waals surface area (Å²) in [6, 6.07) is 2.83. The minimum atomic E-state index is -0.663. The molecule has 0 saturated heterocycles. The van der Waals surface area contributed by atoms with Crippen LogP contribution >= 0.6 is 23.2 Å². The summed E-state index contributed by atoms with van der Waals surface area (Å²) < 4.78 is 25.7. The SMILES string of the molecule is CCOC(OCC)c1cn(-c2cc(Cl)c(F)c(Cl)c2)nn1. The van der Waals surface area contributed by atoms with E-state index in [4.69, 9.17) is 32.7 Å². The average molecular weight is 334 g/mol. The van der Waals surface area contributed by atoms with Crippen molar-refractivity contribution in [1.29, 1.82) is 0 Å². The predicted octanol–water partition coefficient (Wildman–Crippen LogP) is 3.78. The summed E-state index contributed by atoms with van der Waals surface area (Å²) >= 11 is 11.5. The largest absolute Gasteiger partial charge is 0.347 e. The zero-order valence-electron chi connectivity index (χ0n) is 11.5. The van der Waals surface area contributed by atoms with E-state index in [0.29, 0.717) is 24.6 Å². The van der Waals surface area contributed by atoms with Crippen LogP contribution in [0.15, 0.2) is 18.3 Å². The van der Waals surface area contributed by atoms with E-state index in [1.807, 2.05) is 13.8 Å². The molecule has 0 unspecified atom stereocenters. The van der Waals surface area contributed by atoms with Crippen molar-refractivity contribution in [2.75, 3.05) is 13.2 Å². The van der Waals surface area contributed by atoms with Gasteiger partial charge in [0, 0.05) is 13.2 Å². The third-order valence-corrected chi connectivity index (χ3v) is 3.17. The second kappa shape index (κ2) is 7.17. The zero-order chi connectivity index (χ0) is 15.4. The summed E-state index contributed by atoms with van der Waals surface area (Å²) in [5.41, 5.74) is 1.01. The second-order valence-electron chi connectivity index (χ2n) is 4.05. The summed E-state index contributed by atoms with van der Waals surface area (Å²) in [6.07, 6.45) is 1.02. The van der Waals surface area contributed by atoms with Gasteiger partial charge in [0.25, 0.3) is 0 Å². The molecule has 1 aromatic heterocycles. The Kier molecular flexibility index (Phi) is 5.52. The summed E-state index contributed by atoms with van der Waals surface area (Å²) in [5.74, 6) is -0.663. The van der Waals surface area contributed by atoms with Gasteiger partial charge in [-0.15, -0.1) is 5.10 Å². The summed E-state index contributed by atoms with van der Waals surface area (Å²) in [6.45, 7) is 4.67. The summed E-state index contributed by atoms with van der Waals surface area (Å²) in [7, 11) is 0. The van der Waals surface area contributed by atoms with Gasteiger partial charge < -0.3 is 9.47 Å². The normalized spacial score (nSPS) is 11.3. The lowest BCUT2D eigenvalue weighted by atomic mass is 10.3. The zero-order valence-corrected chi connectivity index (χ0v) is 13.0. The van der Waals surface area contributed by atoms with E-state index in [9.17, 15) is 4.39 Å². The maximum atomic E-state index is 13.4. The number of ether oxygens (including phenoxy) is 2. The molecule has 0 radical (unpaired) electrons. The van der Waals surface area contributed by atoms with Crippen LogP contribution in [-0.4, -0.2) is 28.2 Å². The van der Waals surface area contributed by atoms with Crippen molar-refractivity contribution >= 4 is 23.2 Å². The topological polar surface area (TPSA) is 49.2 Å². The fourth-order valence-corrected chi connectivity index (χ4v) is 2.18. The first kappa shape index (κ1) is 16.2. The lowest BCUT2D eigenvalue weighted by Gasteiger charge is -2.13. The van der Waals surface area contributed by atoms with Crippen LogP contribution in [0, 0.1) is 5.82 Å². The van der Waals surface area contributed by atoms with Crippen LogP contribution < -0.4 is 0 Å². The number of rotatable bonds is 6. The maximum absolute atomic E-state index is 13.4. The molecule has 0 amide bonds. The van der Waals surface area contributed by atoms with E-state index in [1.165, 1.54) is 16.8 Å². The second-order valence-corrected chi connectivity index (χ2v) is 4.87. The molecule has 2 aromatic rings. The van der Waals surface area contributed by atoms with Crippen LogP contribution in [0.2, 0.25) is 10.0 Å². The van der Waals surface area contributed by atoms with E-state index >= 15 is 0 Å². The van der Waals surface area contributed by atoms with Crippen molar-refractivity contribution in [1.82, 2.24) is 15.0 Å². The van der Waals surface area contributed by atoms with E-state index in [0.717, 1.165) is 0 Å². The molecule has 0 aliphatic rings. The van der Waals surface area contributed by atoms with Gasteiger partial charge in [0.2, 0.25) is 6.29 Å². The first-order valence-corrected chi connectivity index (χ1v) is 7.12. The minimum Gasteiger partial charge on any atom is -0.347 e. The monoisotopic (exact) mass is 333 g/mol. The molecule has 0 fully saturated rings. The minimum absolute atomic E-state index is 0.0827. The molecular formula is C13H14Cl2FN3O2. The Morgan fingerprint density at radius 2 is 1.76 bits per heavy atom. The molecule has 21 heavy (non-hydrogen) atoms. The molecule has 0 aliphatic carbocycles. The molecule has 0 saturated carbocycles. The first-order chi connectivity index (χ1) is 10.1. The lowest BCUT2D eigenvalue weighted by Crippen LogP contribution is -2.09. The Morgan fingerprint density at radius 1 is 1.19 bits per heavy atom. The molecule has 0 bridgehead atoms. The van der Waals surface area contributed by atoms with Crippen molar-refractivity contribution in [2.45, 2.75) is 20.1 Å². The third kappa shape index (κ3) is 3.71. The molecule has 0 aliphatic heterocycles. The van der Waals surface area contributed by atoms with Crippen LogP contribution in [-0.2, 0) is 9.47 Å². The fraction of sp³-hybridized carbons (Fsp3) is 0.385. The quantitative estimate of drug-likeness (QED) is 0.596. The molecule has 114 valence electrons. The van der Waals surface area contributed by atoms with Gasteiger partial charge in [0.1, 0.15) is 5.69 Å². The van der Waals surface area contributed by atoms with Gasteiger partial charge in [-0.3, -0.25) is 0 Å². The molecular weight excluding hydrogens is 320 g/mol. The predicted molar refractivity (Wildman–Crippen MR) is 77.3 cm³/mol. The third-order valence-electron chi connectivity index (χ3n) is 2.62. The van der Waals surface area contributed by atoms with Gasteiger partial charge in [0.05, 0.1) is 21.9 Å². The highest BCUT2D eigenvalue weighted by Gasteiger charge is 2.17. The van der Waals surface area contributed by atoms with Gasteiger partial charge in [0.15, 0.2) is 5.82 Å². The Labute approximate surface area is 131 Å². The molecule has 1 aromatic carbocycles. The Morgan fingerprint density at radius 3 is 2.29 bits per heavy atom. The van der Waals surface area contributed by atoms with Crippen molar-refractivity contribution < 1.29 is 13.9 Å². The average Bonchev–Trinajstić information content (AvgIpc) is 2.93. The number of hydrogen-bond donors (Lipinski definition) is 0. The lowest BCUT2D eigenvalue weighted by molar-refractivity contribution is -0.142. The van der Waals surface area contributed by atoms with Gasteiger partial charge >= 0.3 is 0 Å².